The van der Waals surface area contributed by atoms with Crippen LogP contribution in [-0.2, 0) is 16.1 Å². The molecule has 5 heteroatoms. The van der Waals surface area contributed by atoms with E-state index in [1.54, 1.807) is 0 Å². The number of nitrogens with one attached hydrogen (secondary N) is 1. The van der Waals surface area contributed by atoms with E-state index in [9.17, 15) is 9.90 Å². The Hall–Kier alpha value is -1.36. The number of hydrogen-bond acceptors (Lipinski definition) is 4. The fourth-order valence-electron chi connectivity index (χ4n) is 5.24. The van der Waals surface area contributed by atoms with Crippen molar-refractivity contribution in [3.05, 3.63) is 46.5 Å². The monoisotopic (exact) mass is 419 g/mol. The summed E-state index contributed by atoms with van der Waals surface area (Å²) in [4.78, 5) is 11.5. The van der Waals surface area contributed by atoms with Crippen molar-refractivity contribution in [2.75, 3.05) is 6.54 Å². The van der Waals surface area contributed by atoms with Gasteiger partial charge in [-0.3, -0.25) is 4.79 Å². The Balaban J connectivity index is 1.69. The number of fused-ring (bicyclic) bond motifs is 1. The average molecular weight is 420 g/mol. The zero-order valence-electron chi connectivity index (χ0n) is 18.0. The van der Waals surface area contributed by atoms with Crippen LogP contribution in [0.1, 0.15) is 52.5 Å². The van der Waals surface area contributed by atoms with Crippen LogP contribution in [0.5, 0.6) is 0 Å². The third-order valence-corrected chi connectivity index (χ3v) is 7.25. The van der Waals surface area contributed by atoms with Gasteiger partial charge < -0.3 is 15.2 Å². The first-order chi connectivity index (χ1) is 13.7. The molecule has 0 aliphatic heterocycles. The van der Waals surface area contributed by atoms with Crippen molar-refractivity contribution < 1.29 is 14.6 Å². The van der Waals surface area contributed by atoms with Crippen molar-refractivity contribution in [1.29, 1.82) is 0 Å². The SMILES string of the molecule is CC(=O)O[C@@H]1C[C@@]2(O)[C@H](C)CC[C@@H](C(C)CNCc3cccc(Cl)c3)[C@H]2C=C1C. The van der Waals surface area contributed by atoms with E-state index in [0.29, 0.717) is 18.3 Å². The number of ether oxygens (including phenoxy) is 1. The highest BCUT2D eigenvalue weighted by Gasteiger charge is 2.52. The summed E-state index contributed by atoms with van der Waals surface area (Å²) in [6.07, 6.45) is 4.47. The second kappa shape index (κ2) is 9.20. The second-order valence-corrected chi connectivity index (χ2v) is 9.55. The number of carbonyl (C=O) groups excluding carboxylic acids is 1. The Bertz CT molecular complexity index is 764. The summed E-state index contributed by atoms with van der Waals surface area (Å²) in [6.45, 7) is 9.53. The summed E-state index contributed by atoms with van der Waals surface area (Å²) in [6, 6.07) is 7.93. The lowest BCUT2D eigenvalue weighted by atomic mass is 9.57. The zero-order chi connectivity index (χ0) is 21.2. The van der Waals surface area contributed by atoms with Crippen molar-refractivity contribution in [1.82, 2.24) is 5.32 Å². The Morgan fingerprint density at radius 2 is 2.17 bits per heavy atom. The van der Waals surface area contributed by atoms with Gasteiger partial charge >= 0.3 is 5.97 Å². The van der Waals surface area contributed by atoms with Crippen molar-refractivity contribution >= 4 is 17.6 Å². The van der Waals surface area contributed by atoms with Crippen LogP contribution in [0.3, 0.4) is 0 Å². The van der Waals surface area contributed by atoms with Gasteiger partial charge in [-0.15, -0.1) is 0 Å². The van der Waals surface area contributed by atoms with Crippen LogP contribution in [0.2, 0.25) is 5.02 Å². The molecule has 29 heavy (non-hydrogen) atoms. The van der Waals surface area contributed by atoms with Gasteiger partial charge in [-0.1, -0.05) is 43.7 Å². The maximum absolute atomic E-state index is 11.6. The van der Waals surface area contributed by atoms with Gasteiger partial charge in [-0.25, -0.2) is 0 Å². The Kier molecular flexibility index (Phi) is 7.08. The predicted octanol–water partition coefficient (Wildman–Crippen LogP) is 4.74. The molecule has 6 atom stereocenters. The van der Waals surface area contributed by atoms with E-state index in [2.05, 4.69) is 31.3 Å². The van der Waals surface area contributed by atoms with Crippen LogP contribution in [0.4, 0.5) is 0 Å². The largest absolute Gasteiger partial charge is 0.458 e. The zero-order valence-corrected chi connectivity index (χ0v) is 18.7. The first kappa shape index (κ1) is 22.3. The average Bonchev–Trinajstić information content (AvgIpc) is 2.64. The lowest BCUT2D eigenvalue weighted by molar-refractivity contribution is -0.159. The number of aliphatic hydroxyl groups is 1. The lowest BCUT2D eigenvalue weighted by Crippen LogP contribution is -2.56. The third-order valence-electron chi connectivity index (χ3n) is 7.01. The molecule has 0 aromatic heterocycles. The minimum absolute atomic E-state index is 0.0982. The van der Waals surface area contributed by atoms with E-state index in [0.717, 1.165) is 36.5 Å². The van der Waals surface area contributed by atoms with Crippen LogP contribution in [0.15, 0.2) is 35.9 Å². The van der Waals surface area contributed by atoms with E-state index < -0.39 is 5.60 Å². The molecule has 2 N–H and O–H groups in total. The van der Waals surface area contributed by atoms with Gasteiger partial charge in [0.1, 0.15) is 6.10 Å². The molecule has 160 valence electrons. The van der Waals surface area contributed by atoms with Crippen molar-refractivity contribution in [2.45, 2.75) is 65.2 Å². The maximum atomic E-state index is 11.6. The number of esters is 1. The van der Waals surface area contributed by atoms with Gasteiger partial charge in [0.25, 0.3) is 0 Å². The first-order valence-electron chi connectivity index (χ1n) is 10.7. The molecule has 1 aromatic rings. The van der Waals surface area contributed by atoms with Crippen LogP contribution in [-0.4, -0.2) is 29.3 Å². The molecule has 0 heterocycles. The molecule has 2 aliphatic rings. The van der Waals surface area contributed by atoms with Gasteiger partial charge in [0.2, 0.25) is 0 Å². The molecule has 2 aliphatic carbocycles. The van der Waals surface area contributed by atoms with Gasteiger partial charge in [-0.05, 0) is 67.3 Å². The van der Waals surface area contributed by atoms with Gasteiger partial charge in [0.15, 0.2) is 0 Å². The Morgan fingerprint density at radius 1 is 1.41 bits per heavy atom. The van der Waals surface area contributed by atoms with E-state index in [1.165, 1.54) is 12.5 Å². The Morgan fingerprint density at radius 3 is 2.86 bits per heavy atom. The fraction of sp³-hybridized carbons (Fsp3) is 0.625. The summed E-state index contributed by atoms with van der Waals surface area (Å²) in [7, 11) is 0. The predicted molar refractivity (Wildman–Crippen MR) is 117 cm³/mol. The topological polar surface area (TPSA) is 58.6 Å². The van der Waals surface area contributed by atoms with E-state index in [4.69, 9.17) is 16.3 Å². The molecule has 0 bridgehead atoms. The second-order valence-electron chi connectivity index (χ2n) is 9.11. The number of hydrogen-bond donors (Lipinski definition) is 2. The molecule has 1 fully saturated rings. The standard InChI is InChI=1S/C24H34ClNO3/c1-15-10-22-21(16(2)13-26-14-19-6-5-7-20(25)11-19)9-8-17(3)24(22,28)12-23(15)29-18(4)27/h5-7,10-11,16-17,21-23,26,28H,8-9,12-14H2,1-4H3/t16?,17-,21+,22-,23-,24-/m1/s1. The van der Waals surface area contributed by atoms with E-state index >= 15 is 0 Å². The molecule has 0 radical (unpaired) electrons. The number of halogens is 1. The quantitative estimate of drug-likeness (QED) is 0.516. The van der Waals surface area contributed by atoms with Crippen LogP contribution in [0.25, 0.3) is 0 Å². The Labute approximate surface area is 179 Å². The number of rotatable bonds is 6. The van der Waals surface area contributed by atoms with Gasteiger partial charge in [-0.2, -0.15) is 0 Å². The van der Waals surface area contributed by atoms with Crippen molar-refractivity contribution in [3.8, 4) is 0 Å². The summed E-state index contributed by atoms with van der Waals surface area (Å²) < 4.78 is 5.49. The fourth-order valence-corrected chi connectivity index (χ4v) is 5.45. The molecular weight excluding hydrogens is 386 g/mol. The third kappa shape index (κ3) is 5.04. The van der Waals surface area contributed by atoms with Crippen LogP contribution in [0, 0.1) is 23.7 Å². The first-order valence-corrected chi connectivity index (χ1v) is 11.1. The highest BCUT2D eigenvalue weighted by Crippen LogP contribution is 2.51. The smallest absolute Gasteiger partial charge is 0.303 e. The maximum Gasteiger partial charge on any atom is 0.303 e. The van der Waals surface area contributed by atoms with Crippen LogP contribution >= 0.6 is 11.6 Å². The summed E-state index contributed by atoms with van der Waals surface area (Å²) in [5.41, 5.74) is 1.42. The molecule has 4 nitrogen and oxygen atoms in total. The minimum atomic E-state index is -0.816. The molecule has 0 spiro atoms. The summed E-state index contributed by atoms with van der Waals surface area (Å²) in [5, 5.41) is 16.0. The molecule has 0 amide bonds. The molecule has 1 aromatic carbocycles. The molecule has 0 saturated heterocycles. The van der Waals surface area contributed by atoms with Gasteiger partial charge in [0.05, 0.1) is 5.60 Å². The minimum Gasteiger partial charge on any atom is -0.458 e. The van der Waals surface area contributed by atoms with Crippen molar-refractivity contribution in [3.63, 3.8) is 0 Å². The number of benzene rings is 1. The normalized spacial score (nSPS) is 32.8. The molecule has 1 saturated carbocycles. The highest BCUT2D eigenvalue weighted by atomic mass is 35.5. The molecular formula is C24H34ClNO3. The number of carbonyl (C=O) groups is 1. The highest BCUT2D eigenvalue weighted by molar-refractivity contribution is 6.30. The van der Waals surface area contributed by atoms with E-state index in [-0.39, 0.29) is 23.9 Å². The lowest BCUT2D eigenvalue weighted by Gasteiger charge is -2.53. The van der Waals surface area contributed by atoms with Crippen LogP contribution < -0.4 is 5.32 Å². The van der Waals surface area contributed by atoms with Crippen molar-refractivity contribution in [2.24, 2.45) is 23.7 Å². The molecule has 1 unspecified atom stereocenters. The summed E-state index contributed by atoms with van der Waals surface area (Å²) in [5.74, 6) is 0.825. The molecule has 3 rings (SSSR count). The van der Waals surface area contributed by atoms with E-state index in [1.807, 2.05) is 25.1 Å². The van der Waals surface area contributed by atoms with Gasteiger partial charge in [0, 0.05) is 30.8 Å². The summed E-state index contributed by atoms with van der Waals surface area (Å²) >= 11 is 6.08.